The average molecular weight is 405 g/mol. The lowest BCUT2D eigenvalue weighted by Gasteiger charge is -2.34. The van der Waals surface area contributed by atoms with Crippen molar-refractivity contribution in [2.24, 2.45) is 11.8 Å². The maximum Gasteiger partial charge on any atom is 0.256 e. The second kappa shape index (κ2) is 8.05. The van der Waals surface area contributed by atoms with Crippen LogP contribution in [0, 0.1) is 18.8 Å². The number of aromatic nitrogens is 2. The third kappa shape index (κ3) is 4.28. The van der Waals surface area contributed by atoms with E-state index in [4.69, 9.17) is 0 Å². The molecule has 28 heavy (non-hydrogen) atoms. The molecule has 2 aromatic rings. The van der Waals surface area contributed by atoms with E-state index in [0.717, 1.165) is 12.1 Å². The normalized spacial score (nSPS) is 20.9. The van der Waals surface area contributed by atoms with Crippen LogP contribution in [-0.2, 0) is 16.6 Å². The first kappa shape index (κ1) is 20.5. The second-order valence-electron chi connectivity index (χ2n) is 7.73. The van der Waals surface area contributed by atoms with Crippen molar-refractivity contribution in [1.29, 1.82) is 0 Å². The van der Waals surface area contributed by atoms with Gasteiger partial charge in [-0.25, -0.2) is 13.1 Å². The zero-order chi connectivity index (χ0) is 20.5. The van der Waals surface area contributed by atoms with Gasteiger partial charge >= 0.3 is 0 Å². The van der Waals surface area contributed by atoms with Crippen LogP contribution in [-0.4, -0.2) is 41.5 Å². The highest BCUT2D eigenvalue weighted by atomic mass is 32.2. The van der Waals surface area contributed by atoms with Crippen LogP contribution in [0.25, 0.3) is 0 Å². The van der Waals surface area contributed by atoms with Crippen molar-refractivity contribution in [1.82, 2.24) is 14.1 Å². The number of hydrogen-bond donors (Lipinski definition) is 1. The zero-order valence-corrected chi connectivity index (χ0v) is 17.7. The van der Waals surface area contributed by atoms with Crippen LogP contribution >= 0.6 is 0 Å². The van der Waals surface area contributed by atoms with Crippen molar-refractivity contribution in [2.75, 3.05) is 18.4 Å². The molecule has 0 bridgehead atoms. The van der Waals surface area contributed by atoms with Crippen LogP contribution in [0.2, 0.25) is 0 Å². The molecule has 1 saturated heterocycles. The van der Waals surface area contributed by atoms with E-state index in [1.807, 2.05) is 13.8 Å². The lowest BCUT2D eigenvalue weighted by molar-refractivity contribution is 0.102. The van der Waals surface area contributed by atoms with E-state index >= 15 is 0 Å². The first-order valence-corrected chi connectivity index (χ1v) is 11.1. The molecule has 1 aliphatic heterocycles. The molecule has 0 saturated carbocycles. The van der Waals surface area contributed by atoms with Gasteiger partial charge in [0.05, 0.1) is 10.6 Å². The Morgan fingerprint density at radius 2 is 1.79 bits per heavy atom. The van der Waals surface area contributed by atoms with Crippen LogP contribution in [0.3, 0.4) is 0 Å². The van der Waals surface area contributed by atoms with Gasteiger partial charge < -0.3 is 5.32 Å². The fourth-order valence-corrected chi connectivity index (χ4v) is 5.48. The summed E-state index contributed by atoms with van der Waals surface area (Å²) in [5.41, 5.74) is 1.23. The van der Waals surface area contributed by atoms with E-state index in [-0.39, 0.29) is 10.8 Å². The highest BCUT2D eigenvalue weighted by molar-refractivity contribution is 7.89. The van der Waals surface area contributed by atoms with Crippen molar-refractivity contribution < 1.29 is 13.2 Å². The SMILES string of the molecule is CCn1nc(C)cc1NC(=O)c1ccc(S(=O)(=O)N2CC(C)CC(C)C2)cc1. The second-order valence-corrected chi connectivity index (χ2v) is 9.67. The molecule has 0 spiro atoms. The van der Waals surface area contributed by atoms with E-state index in [1.165, 1.54) is 12.1 Å². The molecule has 1 amide bonds. The highest BCUT2D eigenvalue weighted by Crippen LogP contribution is 2.26. The minimum atomic E-state index is -3.55. The van der Waals surface area contributed by atoms with Crippen molar-refractivity contribution in [3.8, 4) is 0 Å². The Morgan fingerprint density at radius 3 is 2.36 bits per heavy atom. The summed E-state index contributed by atoms with van der Waals surface area (Å²) in [6.07, 6.45) is 1.04. The van der Waals surface area contributed by atoms with Gasteiger partial charge in [0.2, 0.25) is 10.0 Å². The van der Waals surface area contributed by atoms with Crippen molar-refractivity contribution in [3.05, 3.63) is 41.6 Å². The number of benzene rings is 1. The largest absolute Gasteiger partial charge is 0.307 e. The van der Waals surface area contributed by atoms with Crippen molar-refractivity contribution >= 4 is 21.7 Å². The Bertz CT molecular complexity index is 940. The molecule has 152 valence electrons. The molecule has 2 atom stereocenters. The molecule has 1 aliphatic rings. The molecule has 0 aliphatic carbocycles. The minimum Gasteiger partial charge on any atom is -0.307 e. The van der Waals surface area contributed by atoms with Gasteiger partial charge in [-0.2, -0.15) is 9.40 Å². The molecule has 2 unspecified atom stereocenters. The Balaban J connectivity index is 1.76. The van der Waals surface area contributed by atoms with Crippen molar-refractivity contribution in [2.45, 2.75) is 45.6 Å². The number of carbonyl (C=O) groups is 1. The third-order valence-corrected chi connectivity index (χ3v) is 6.88. The van der Waals surface area contributed by atoms with Crippen LogP contribution in [0.1, 0.15) is 43.2 Å². The summed E-state index contributed by atoms with van der Waals surface area (Å²) in [4.78, 5) is 12.8. The topological polar surface area (TPSA) is 84.3 Å². The first-order valence-electron chi connectivity index (χ1n) is 9.66. The highest BCUT2D eigenvalue weighted by Gasteiger charge is 2.31. The molecule has 3 rings (SSSR count). The van der Waals surface area contributed by atoms with E-state index in [1.54, 1.807) is 27.2 Å². The minimum absolute atomic E-state index is 0.222. The van der Waals surface area contributed by atoms with Gasteiger partial charge in [0.1, 0.15) is 5.82 Å². The summed E-state index contributed by atoms with van der Waals surface area (Å²) in [5, 5.41) is 7.14. The molecule has 1 fully saturated rings. The van der Waals surface area contributed by atoms with Gasteiger partial charge in [-0.3, -0.25) is 4.79 Å². The lowest BCUT2D eigenvalue weighted by Crippen LogP contribution is -2.42. The molecule has 0 radical (unpaired) electrons. The number of amides is 1. The molecular weight excluding hydrogens is 376 g/mol. The smallest absolute Gasteiger partial charge is 0.256 e. The molecule has 2 heterocycles. The number of sulfonamides is 1. The lowest BCUT2D eigenvalue weighted by atomic mass is 9.94. The van der Waals surface area contributed by atoms with Gasteiger partial charge in [0.25, 0.3) is 5.91 Å². The summed E-state index contributed by atoms with van der Waals surface area (Å²) < 4.78 is 29.2. The number of carbonyl (C=O) groups excluding carboxylic acids is 1. The van der Waals surface area contributed by atoms with Crippen LogP contribution < -0.4 is 5.32 Å². The molecule has 8 heteroatoms. The monoisotopic (exact) mass is 404 g/mol. The number of anilines is 1. The van der Waals surface area contributed by atoms with Crippen LogP contribution in [0.4, 0.5) is 5.82 Å². The summed E-state index contributed by atoms with van der Waals surface area (Å²) in [7, 11) is -3.55. The van der Waals surface area contributed by atoms with Gasteiger partial charge in [0, 0.05) is 31.3 Å². The van der Waals surface area contributed by atoms with Crippen LogP contribution in [0.15, 0.2) is 35.2 Å². The Hall–Kier alpha value is -2.19. The fourth-order valence-electron chi connectivity index (χ4n) is 3.81. The summed E-state index contributed by atoms with van der Waals surface area (Å²) in [5.74, 6) is 1.02. The van der Waals surface area contributed by atoms with E-state index in [0.29, 0.717) is 42.9 Å². The number of aryl methyl sites for hydroxylation is 2. The first-order chi connectivity index (χ1) is 13.2. The third-order valence-electron chi connectivity index (χ3n) is 5.03. The number of nitrogens with one attached hydrogen (secondary N) is 1. The van der Waals surface area contributed by atoms with E-state index in [9.17, 15) is 13.2 Å². The Morgan fingerprint density at radius 1 is 1.18 bits per heavy atom. The van der Waals surface area contributed by atoms with Gasteiger partial charge in [0.15, 0.2) is 0 Å². The zero-order valence-electron chi connectivity index (χ0n) is 16.8. The van der Waals surface area contributed by atoms with Gasteiger partial charge in [-0.1, -0.05) is 13.8 Å². The molecule has 7 nitrogen and oxygen atoms in total. The van der Waals surface area contributed by atoms with E-state index < -0.39 is 10.0 Å². The molecule has 1 N–H and O–H groups in total. The summed E-state index contributed by atoms with van der Waals surface area (Å²) >= 11 is 0. The Labute approximate surface area is 166 Å². The number of nitrogens with zero attached hydrogens (tertiary/aromatic N) is 3. The number of rotatable bonds is 5. The predicted octanol–water partition coefficient (Wildman–Crippen LogP) is 3.13. The van der Waals surface area contributed by atoms with E-state index in [2.05, 4.69) is 24.3 Å². The predicted molar refractivity (Wildman–Crippen MR) is 109 cm³/mol. The average Bonchev–Trinajstić information content (AvgIpc) is 3.00. The maximum atomic E-state index is 13.0. The van der Waals surface area contributed by atoms with Gasteiger partial charge in [-0.15, -0.1) is 0 Å². The van der Waals surface area contributed by atoms with Crippen molar-refractivity contribution in [3.63, 3.8) is 0 Å². The van der Waals surface area contributed by atoms with Gasteiger partial charge in [-0.05, 0) is 56.4 Å². The van der Waals surface area contributed by atoms with Crippen LogP contribution in [0.5, 0.6) is 0 Å². The Kier molecular flexibility index (Phi) is 5.90. The maximum absolute atomic E-state index is 13.0. The molecule has 1 aromatic carbocycles. The summed E-state index contributed by atoms with van der Waals surface area (Å²) in [6, 6.07) is 7.93. The summed E-state index contributed by atoms with van der Waals surface area (Å²) in [6.45, 7) is 9.69. The molecule has 1 aromatic heterocycles. The number of hydrogen-bond acceptors (Lipinski definition) is 4. The quantitative estimate of drug-likeness (QED) is 0.830. The molecular formula is C20H28N4O3S. The number of piperidine rings is 1. The standard InChI is InChI=1S/C20H28N4O3S/c1-5-24-19(11-16(4)22-24)21-20(25)17-6-8-18(9-7-17)28(26,27)23-12-14(2)10-15(3)13-23/h6-9,11,14-15H,5,10,12-13H2,1-4H3,(H,21,25). The fraction of sp³-hybridized carbons (Fsp3) is 0.500.